The number of amides is 2. The van der Waals surface area contributed by atoms with Crippen LogP contribution in [0.3, 0.4) is 0 Å². The molecule has 0 atom stereocenters. The molecule has 0 fully saturated rings. The zero-order chi connectivity index (χ0) is 28.8. The molecule has 40 heavy (non-hydrogen) atoms. The molecule has 2 aromatic rings. The first-order valence-electron chi connectivity index (χ1n) is 14.7. The Bertz CT molecular complexity index is 1040. The highest BCUT2D eigenvalue weighted by Crippen LogP contribution is 2.17. The Hall–Kier alpha value is -3.68. The molecular formula is C32H45N3O5. The van der Waals surface area contributed by atoms with E-state index in [1.807, 2.05) is 0 Å². The van der Waals surface area contributed by atoms with Crippen LogP contribution in [0.1, 0.15) is 107 Å². The molecule has 2 aromatic carbocycles. The van der Waals surface area contributed by atoms with Gasteiger partial charge in [0, 0.05) is 6.42 Å². The second-order valence-corrected chi connectivity index (χ2v) is 9.83. The lowest BCUT2D eigenvalue weighted by Crippen LogP contribution is -2.34. The van der Waals surface area contributed by atoms with E-state index in [2.05, 4.69) is 29.7 Å². The van der Waals surface area contributed by atoms with Gasteiger partial charge in [0.15, 0.2) is 0 Å². The molecule has 8 heteroatoms. The van der Waals surface area contributed by atoms with Crippen molar-refractivity contribution < 1.29 is 23.9 Å². The third-order valence-corrected chi connectivity index (χ3v) is 6.30. The van der Waals surface area contributed by atoms with Crippen molar-refractivity contribution in [2.24, 2.45) is 5.10 Å². The maximum atomic E-state index is 12.4. The number of nitrogens with one attached hydrogen (secondary N) is 2. The number of unbranched alkanes of at least 4 members (excludes halogenated alkanes) is 9. The van der Waals surface area contributed by atoms with Gasteiger partial charge in [0.05, 0.1) is 24.9 Å². The highest BCUT2D eigenvalue weighted by atomic mass is 16.5. The minimum atomic E-state index is -0.464. The number of rotatable bonds is 20. The smallest absolute Gasteiger partial charge is 0.343 e. The van der Waals surface area contributed by atoms with Crippen LogP contribution < -0.4 is 20.2 Å². The summed E-state index contributed by atoms with van der Waals surface area (Å²) < 4.78 is 11.0. The van der Waals surface area contributed by atoms with E-state index in [1.165, 1.54) is 44.7 Å². The molecule has 0 heterocycles. The first-order chi connectivity index (χ1) is 19.5. The highest BCUT2D eigenvalue weighted by molar-refractivity contribution is 5.91. The van der Waals surface area contributed by atoms with Crippen LogP contribution in [0, 0.1) is 0 Å². The van der Waals surface area contributed by atoms with Crippen LogP contribution in [0.2, 0.25) is 0 Å². The average molecular weight is 552 g/mol. The number of carbonyl (C=O) groups is 3. The first-order valence-corrected chi connectivity index (χ1v) is 14.7. The fourth-order valence-corrected chi connectivity index (χ4v) is 3.89. The van der Waals surface area contributed by atoms with Crippen molar-refractivity contribution in [3.05, 3.63) is 59.7 Å². The summed E-state index contributed by atoms with van der Waals surface area (Å²) in [7, 11) is 0. The lowest BCUT2D eigenvalue weighted by atomic mass is 10.1. The third-order valence-electron chi connectivity index (χ3n) is 6.30. The zero-order valence-corrected chi connectivity index (χ0v) is 24.1. The highest BCUT2D eigenvalue weighted by Gasteiger charge is 2.09. The number of carbonyl (C=O) groups excluding carboxylic acids is 3. The van der Waals surface area contributed by atoms with Crippen molar-refractivity contribution in [3.8, 4) is 11.5 Å². The molecule has 0 saturated heterocycles. The van der Waals surface area contributed by atoms with Gasteiger partial charge < -0.3 is 14.8 Å². The second kappa shape index (κ2) is 20.3. The van der Waals surface area contributed by atoms with Crippen LogP contribution in [0.5, 0.6) is 11.5 Å². The average Bonchev–Trinajstić information content (AvgIpc) is 2.96. The van der Waals surface area contributed by atoms with E-state index in [0.29, 0.717) is 29.9 Å². The Morgan fingerprint density at radius 2 is 1.32 bits per heavy atom. The largest absolute Gasteiger partial charge is 0.494 e. The predicted molar refractivity (Wildman–Crippen MR) is 159 cm³/mol. The monoisotopic (exact) mass is 551 g/mol. The van der Waals surface area contributed by atoms with E-state index in [-0.39, 0.29) is 12.5 Å². The Morgan fingerprint density at radius 1 is 0.725 bits per heavy atom. The molecule has 0 bridgehead atoms. The van der Waals surface area contributed by atoms with Gasteiger partial charge in [0.25, 0.3) is 5.91 Å². The summed E-state index contributed by atoms with van der Waals surface area (Å²) in [4.78, 5) is 36.3. The van der Waals surface area contributed by atoms with Gasteiger partial charge in [-0.05, 0) is 66.9 Å². The van der Waals surface area contributed by atoms with Gasteiger partial charge in [0.1, 0.15) is 11.5 Å². The molecule has 0 spiro atoms. The van der Waals surface area contributed by atoms with Crippen molar-refractivity contribution in [1.29, 1.82) is 0 Å². The van der Waals surface area contributed by atoms with E-state index >= 15 is 0 Å². The van der Waals surface area contributed by atoms with Crippen molar-refractivity contribution in [1.82, 2.24) is 10.7 Å². The van der Waals surface area contributed by atoms with Gasteiger partial charge in [-0.15, -0.1) is 0 Å². The van der Waals surface area contributed by atoms with Crippen LogP contribution in [0.4, 0.5) is 0 Å². The Morgan fingerprint density at radius 3 is 1.98 bits per heavy atom. The summed E-state index contributed by atoms with van der Waals surface area (Å²) in [6.07, 6.45) is 14.7. The summed E-state index contributed by atoms with van der Waals surface area (Å²) in [5, 5.41) is 6.55. The second-order valence-electron chi connectivity index (χ2n) is 9.83. The van der Waals surface area contributed by atoms with Gasteiger partial charge in [-0.1, -0.05) is 71.6 Å². The fraction of sp³-hybridized carbons (Fsp3) is 0.500. The van der Waals surface area contributed by atoms with Crippen LogP contribution in [0.15, 0.2) is 53.6 Å². The fourth-order valence-electron chi connectivity index (χ4n) is 3.89. The van der Waals surface area contributed by atoms with E-state index in [1.54, 1.807) is 48.5 Å². The number of esters is 1. The molecule has 0 radical (unpaired) electrons. The number of hydrogen-bond donors (Lipinski definition) is 2. The molecule has 0 aliphatic rings. The normalized spacial score (nSPS) is 10.8. The third kappa shape index (κ3) is 14.5. The molecule has 0 aromatic heterocycles. The van der Waals surface area contributed by atoms with Gasteiger partial charge in [-0.25, -0.2) is 10.2 Å². The van der Waals surface area contributed by atoms with E-state index < -0.39 is 11.9 Å². The summed E-state index contributed by atoms with van der Waals surface area (Å²) in [5.74, 6) is 0.127. The topological polar surface area (TPSA) is 106 Å². The first kappa shape index (κ1) is 32.5. The molecule has 2 rings (SSSR count). The lowest BCUT2D eigenvalue weighted by Gasteiger charge is -2.07. The number of hydrogen-bond acceptors (Lipinski definition) is 6. The minimum Gasteiger partial charge on any atom is -0.494 e. The molecule has 218 valence electrons. The molecule has 8 nitrogen and oxygen atoms in total. The summed E-state index contributed by atoms with van der Waals surface area (Å²) in [6, 6.07) is 13.6. The van der Waals surface area contributed by atoms with E-state index in [0.717, 1.165) is 37.9 Å². The molecule has 0 aliphatic heterocycles. The van der Waals surface area contributed by atoms with Crippen LogP contribution >= 0.6 is 0 Å². The zero-order valence-electron chi connectivity index (χ0n) is 24.1. The van der Waals surface area contributed by atoms with Crippen molar-refractivity contribution in [2.75, 3.05) is 13.2 Å². The molecule has 0 unspecified atom stereocenters. The summed E-state index contributed by atoms with van der Waals surface area (Å²) in [5.41, 5.74) is 3.54. The van der Waals surface area contributed by atoms with Crippen molar-refractivity contribution in [3.63, 3.8) is 0 Å². The van der Waals surface area contributed by atoms with Crippen molar-refractivity contribution in [2.45, 2.75) is 90.9 Å². The van der Waals surface area contributed by atoms with Crippen LogP contribution in [0.25, 0.3) is 0 Å². The molecular weight excluding hydrogens is 506 g/mol. The number of benzene rings is 2. The molecule has 0 aliphatic carbocycles. The maximum absolute atomic E-state index is 12.4. The minimum absolute atomic E-state index is 0.117. The Kier molecular flexibility index (Phi) is 16.5. The Balaban J connectivity index is 1.60. The lowest BCUT2D eigenvalue weighted by molar-refractivity contribution is -0.126. The van der Waals surface area contributed by atoms with Crippen molar-refractivity contribution >= 4 is 24.0 Å². The van der Waals surface area contributed by atoms with E-state index in [9.17, 15) is 14.4 Å². The van der Waals surface area contributed by atoms with E-state index in [4.69, 9.17) is 9.47 Å². The number of nitrogens with zero attached hydrogens (tertiary/aromatic N) is 1. The maximum Gasteiger partial charge on any atom is 0.343 e. The quantitative estimate of drug-likeness (QED) is 0.0636. The summed E-state index contributed by atoms with van der Waals surface area (Å²) in [6.45, 7) is 4.85. The standard InChI is InChI=1S/C32H45N3O5/c1-3-5-7-8-9-10-11-12-13-14-30(36)33-25-31(37)35-34-24-26-15-19-29(20-16-26)40-32(38)27-17-21-28(22-18-27)39-23-6-4-2/h15-22,24H,3-14,23,25H2,1-2H3,(H,33,36)(H,35,37)/b34-24-. The van der Waals surface area contributed by atoms with Gasteiger partial charge in [-0.3, -0.25) is 9.59 Å². The number of ether oxygens (including phenoxy) is 2. The molecule has 2 N–H and O–H groups in total. The van der Waals surface area contributed by atoms with Crippen LogP contribution in [-0.2, 0) is 9.59 Å². The SMILES string of the molecule is CCCCCCCCCCCC(=O)NCC(=O)N/N=C\c1ccc(OC(=O)c2ccc(OCCCC)cc2)cc1. The molecule has 0 saturated carbocycles. The Labute approximate surface area is 238 Å². The van der Waals surface area contributed by atoms with Gasteiger partial charge in [0.2, 0.25) is 5.91 Å². The van der Waals surface area contributed by atoms with Gasteiger partial charge in [-0.2, -0.15) is 5.10 Å². The summed E-state index contributed by atoms with van der Waals surface area (Å²) >= 11 is 0. The predicted octanol–water partition coefficient (Wildman–Crippen LogP) is 6.57. The van der Waals surface area contributed by atoms with Crippen LogP contribution in [-0.4, -0.2) is 37.1 Å². The number of hydrazone groups is 1. The molecule has 2 amide bonds. The van der Waals surface area contributed by atoms with Gasteiger partial charge >= 0.3 is 5.97 Å².